The van der Waals surface area contributed by atoms with Crippen molar-refractivity contribution in [2.24, 2.45) is 0 Å². The van der Waals surface area contributed by atoms with Gasteiger partial charge in [-0.2, -0.15) is 0 Å². The largest absolute Gasteiger partial charge is 0.363 e. The van der Waals surface area contributed by atoms with Crippen molar-refractivity contribution in [1.82, 2.24) is 9.88 Å². The van der Waals surface area contributed by atoms with E-state index in [1.54, 1.807) is 35.4 Å². The zero-order chi connectivity index (χ0) is 17.3. The Hall–Kier alpha value is -2.14. The van der Waals surface area contributed by atoms with Crippen molar-refractivity contribution >= 4 is 23.3 Å². The lowest BCUT2D eigenvalue weighted by Crippen LogP contribution is -2.33. The Morgan fingerprint density at radius 2 is 2.04 bits per heavy atom. The van der Waals surface area contributed by atoms with Gasteiger partial charge in [-0.05, 0) is 37.1 Å². The lowest BCUT2D eigenvalue weighted by Gasteiger charge is -2.23. The minimum Gasteiger partial charge on any atom is -0.363 e. The maximum Gasteiger partial charge on any atom is 0.255 e. The Morgan fingerprint density at radius 3 is 2.58 bits per heavy atom. The normalized spacial score (nSPS) is 13.7. The van der Waals surface area contributed by atoms with Crippen molar-refractivity contribution in [3.8, 4) is 0 Å². The van der Waals surface area contributed by atoms with Crippen LogP contribution in [0.15, 0.2) is 36.5 Å². The number of amides is 1. The first-order valence-corrected chi connectivity index (χ1v) is 8.22. The van der Waals surface area contributed by atoms with Gasteiger partial charge in [0, 0.05) is 36.9 Å². The highest BCUT2D eigenvalue weighted by atomic mass is 35.5. The van der Waals surface area contributed by atoms with Crippen molar-refractivity contribution in [2.45, 2.75) is 25.4 Å². The molecule has 0 saturated heterocycles. The van der Waals surface area contributed by atoms with Gasteiger partial charge in [-0.25, -0.2) is 9.37 Å². The van der Waals surface area contributed by atoms with Gasteiger partial charge in [0.15, 0.2) is 0 Å². The molecule has 24 heavy (non-hydrogen) atoms. The molecule has 0 aliphatic heterocycles. The van der Waals surface area contributed by atoms with Crippen LogP contribution in [0, 0.1) is 5.82 Å². The van der Waals surface area contributed by atoms with Crippen LogP contribution in [0.25, 0.3) is 0 Å². The molecule has 2 aromatic rings. The summed E-state index contributed by atoms with van der Waals surface area (Å²) in [6.45, 7) is 0.171. The molecule has 1 amide bonds. The van der Waals surface area contributed by atoms with E-state index in [9.17, 15) is 9.18 Å². The third-order valence-electron chi connectivity index (χ3n) is 4.09. The van der Waals surface area contributed by atoms with E-state index in [-0.39, 0.29) is 24.3 Å². The highest BCUT2D eigenvalue weighted by Crippen LogP contribution is 2.32. The Balaban J connectivity index is 1.84. The number of nitrogens with zero attached hydrogens (tertiary/aromatic N) is 3. The van der Waals surface area contributed by atoms with E-state index in [1.165, 1.54) is 6.07 Å². The number of hydrogen-bond acceptors (Lipinski definition) is 3. The summed E-state index contributed by atoms with van der Waals surface area (Å²) in [5.74, 6) is 0.248. The second kappa shape index (κ2) is 6.77. The van der Waals surface area contributed by atoms with Crippen LogP contribution in [0.1, 0.15) is 28.8 Å². The highest BCUT2D eigenvalue weighted by molar-refractivity contribution is 6.31. The molecule has 1 aromatic heterocycles. The summed E-state index contributed by atoms with van der Waals surface area (Å²) in [5.41, 5.74) is 0.859. The topological polar surface area (TPSA) is 36.4 Å². The van der Waals surface area contributed by atoms with E-state index in [2.05, 4.69) is 4.98 Å². The Bertz CT molecular complexity index is 724. The first kappa shape index (κ1) is 16.7. The van der Waals surface area contributed by atoms with E-state index >= 15 is 0 Å². The van der Waals surface area contributed by atoms with Crippen LogP contribution in [-0.4, -0.2) is 35.9 Å². The average molecular weight is 348 g/mol. The maximum atomic E-state index is 14.1. The third-order valence-corrected chi connectivity index (χ3v) is 4.45. The van der Waals surface area contributed by atoms with Crippen LogP contribution in [0.4, 0.5) is 10.2 Å². The Kier molecular flexibility index (Phi) is 4.71. The fourth-order valence-corrected chi connectivity index (χ4v) is 2.77. The molecule has 0 unspecified atom stereocenters. The van der Waals surface area contributed by atoms with Gasteiger partial charge in [-0.15, -0.1) is 0 Å². The van der Waals surface area contributed by atoms with Gasteiger partial charge in [-0.1, -0.05) is 17.7 Å². The number of carbonyl (C=O) groups is 1. The van der Waals surface area contributed by atoms with Gasteiger partial charge in [0.05, 0.1) is 12.1 Å². The standard InChI is InChI=1S/C18H19ClFN3O/c1-22(2)17-9-6-12(10-21-17)18(24)23(13-7-8-13)11-14-15(19)4-3-5-16(14)20/h3-6,9-10,13H,7-8,11H2,1-2H3. The predicted octanol–water partition coefficient (Wildman–Crippen LogP) is 3.74. The Labute approximate surface area is 145 Å². The van der Waals surface area contributed by atoms with Crippen LogP contribution in [0.5, 0.6) is 0 Å². The number of aromatic nitrogens is 1. The Morgan fingerprint density at radius 1 is 1.29 bits per heavy atom. The molecule has 1 heterocycles. The summed E-state index contributed by atoms with van der Waals surface area (Å²) in [6, 6.07) is 8.26. The minimum absolute atomic E-state index is 0.140. The van der Waals surface area contributed by atoms with Crippen LogP contribution >= 0.6 is 11.6 Å². The zero-order valence-electron chi connectivity index (χ0n) is 13.7. The molecular weight excluding hydrogens is 329 g/mol. The fourth-order valence-electron chi connectivity index (χ4n) is 2.55. The number of carbonyl (C=O) groups excluding carboxylic acids is 1. The molecule has 1 aliphatic rings. The van der Waals surface area contributed by atoms with E-state index in [1.807, 2.05) is 19.0 Å². The fraction of sp³-hybridized carbons (Fsp3) is 0.333. The summed E-state index contributed by atoms with van der Waals surface area (Å²) in [5, 5.41) is 0.342. The van der Waals surface area contributed by atoms with E-state index in [0.717, 1.165) is 18.7 Å². The summed E-state index contributed by atoms with van der Waals surface area (Å²) in [7, 11) is 3.78. The molecule has 0 radical (unpaired) electrons. The number of anilines is 1. The van der Waals surface area contributed by atoms with E-state index in [4.69, 9.17) is 11.6 Å². The summed E-state index contributed by atoms with van der Waals surface area (Å²) in [6.07, 6.45) is 3.43. The van der Waals surface area contributed by atoms with Gasteiger partial charge in [0.25, 0.3) is 5.91 Å². The van der Waals surface area contributed by atoms with Gasteiger partial charge < -0.3 is 9.80 Å². The lowest BCUT2D eigenvalue weighted by atomic mass is 10.1. The number of rotatable bonds is 5. The molecule has 126 valence electrons. The molecule has 4 nitrogen and oxygen atoms in total. The number of pyridine rings is 1. The number of hydrogen-bond donors (Lipinski definition) is 0. The molecule has 1 aliphatic carbocycles. The minimum atomic E-state index is -0.387. The molecule has 1 saturated carbocycles. The lowest BCUT2D eigenvalue weighted by molar-refractivity contribution is 0.0728. The number of halogens is 2. The van der Waals surface area contributed by atoms with Crippen LogP contribution in [0.2, 0.25) is 5.02 Å². The molecule has 0 bridgehead atoms. The molecule has 0 N–H and O–H groups in total. The van der Waals surface area contributed by atoms with Crippen LogP contribution < -0.4 is 4.90 Å². The quantitative estimate of drug-likeness (QED) is 0.826. The van der Waals surface area contributed by atoms with Crippen molar-refractivity contribution in [3.05, 3.63) is 58.5 Å². The second-order valence-electron chi connectivity index (χ2n) is 6.16. The zero-order valence-corrected chi connectivity index (χ0v) is 14.4. The second-order valence-corrected chi connectivity index (χ2v) is 6.57. The molecule has 0 spiro atoms. The summed E-state index contributed by atoms with van der Waals surface area (Å²) in [4.78, 5) is 20.7. The molecular formula is C18H19ClFN3O. The van der Waals surface area contributed by atoms with Gasteiger partial charge in [-0.3, -0.25) is 4.79 Å². The van der Waals surface area contributed by atoms with Gasteiger partial charge in [0.2, 0.25) is 0 Å². The maximum absolute atomic E-state index is 14.1. The van der Waals surface area contributed by atoms with E-state index in [0.29, 0.717) is 16.1 Å². The molecule has 6 heteroatoms. The first-order chi connectivity index (χ1) is 11.5. The highest BCUT2D eigenvalue weighted by Gasteiger charge is 2.34. The van der Waals surface area contributed by atoms with Gasteiger partial charge in [0.1, 0.15) is 11.6 Å². The van der Waals surface area contributed by atoms with Gasteiger partial charge >= 0.3 is 0 Å². The summed E-state index contributed by atoms with van der Waals surface area (Å²) >= 11 is 6.11. The monoisotopic (exact) mass is 347 g/mol. The summed E-state index contributed by atoms with van der Waals surface area (Å²) < 4.78 is 14.1. The van der Waals surface area contributed by atoms with Crippen molar-refractivity contribution in [2.75, 3.05) is 19.0 Å². The predicted molar refractivity (Wildman–Crippen MR) is 92.9 cm³/mol. The van der Waals surface area contributed by atoms with Crippen molar-refractivity contribution < 1.29 is 9.18 Å². The number of benzene rings is 1. The average Bonchev–Trinajstić information content (AvgIpc) is 3.39. The van der Waals surface area contributed by atoms with Crippen molar-refractivity contribution in [3.63, 3.8) is 0 Å². The van der Waals surface area contributed by atoms with Crippen LogP contribution in [0.3, 0.4) is 0 Å². The van der Waals surface area contributed by atoms with E-state index < -0.39 is 0 Å². The molecule has 1 aromatic carbocycles. The SMILES string of the molecule is CN(C)c1ccc(C(=O)N(Cc2c(F)cccc2Cl)C2CC2)cn1. The molecule has 3 rings (SSSR count). The molecule has 1 fully saturated rings. The third kappa shape index (κ3) is 3.51. The van der Waals surface area contributed by atoms with Crippen molar-refractivity contribution in [1.29, 1.82) is 0 Å². The van der Waals surface area contributed by atoms with Crippen LogP contribution in [-0.2, 0) is 6.54 Å². The smallest absolute Gasteiger partial charge is 0.255 e. The molecule has 0 atom stereocenters. The first-order valence-electron chi connectivity index (χ1n) is 7.84.